The van der Waals surface area contributed by atoms with Crippen LogP contribution in [0.3, 0.4) is 0 Å². The number of esters is 1. The average molecular weight is 416 g/mol. The van der Waals surface area contributed by atoms with Crippen LogP contribution in [-0.2, 0) is 9.53 Å². The number of halogens is 1. The Morgan fingerprint density at radius 1 is 1.45 bits per heavy atom. The van der Waals surface area contributed by atoms with Crippen LogP contribution in [0.25, 0.3) is 0 Å². The lowest BCUT2D eigenvalue weighted by atomic mass is 9.61. The molecule has 2 aliphatic carbocycles. The first kappa shape index (κ1) is 16.8. The molecule has 3 rings (SSSR count). The summed E-state index contributed by atoms with van der Waals surface area (Å²) in [4.78, 5) is 11.6. The Balaban J connectivity index is 1.68. The molecule has 6 atom stereocenters. The first-order chi connectivity index (χ1) is 10.5. The van der Waals surface area contributed by atoms with Crippen molar-refractivity contribution in [3.05, 3.63) is 9.66 Å². The summed E-state index contributed by atoms with van der Waals surface area (Å²) in [6.45, 7) is 6.93. The van der Waals surface area contributed by atoms with Gasteiger partial charge in [-0.3, -0.25) is 4.79 Å². The first-order valence-corrected chi connectivity index (χ1v) is 10.2. The number of fused-ring (bicyclic) bond motifs is 1. The Morgan fingerprint density at radius 3 is 2.86 bits per heavy atom. The molecule has 0 bridgehead atoms. The number of carbonyl (C=O) groups excluding carboxylic acids is 1. The Labute approximate surface area is 148 Å². The van der Waals surface area contributed by atoms with Crippen molar-refractivity contribution in [1.82, 2.24) is 0 Å². The summed E-state index contributed by atoms with van der Waals surface area (Å²) in [5, 5.41) is 0. The standard InChI is InChI=1S/C19H29IO2/c1-12(9-15-10-13(2)18(21)22-15)16-6-7-17-14(11-20)5-4-8-19(16,17)3/h11-13,15-17H,4-10H2,1-3H3/t12-,13+,15-,16-,17?,19-/m1/s1. The van der Waals surface area contributed by atoms with Crippen LogP contribution in [0.15, 0.2) is 9.66 Å². The predicted octanol–water partition coefficient (Wildman–Crippen LogP) is 5.50. The number of cyclic esters (lactones) is 1. The number of rotatable bonds is 3. The molecule has 0 aromatic rings. The molecule has 0 radical (unpaired) electrons. The number of allylic oxidation sites excluding steroid dienone is 1. The number of hydrogen-bond donors (Lipinski definition) is 0. The Bertz CT molecular complexity index is 472. The zero-order valence-electron chi connectivity index (χ0n) is 14.1. The summed E-state index contributed by atoms with van der Waals surface area (Å²) in [5.74, 6) is 2.37. The third-order valence-electron chi connectivity index (χ3n) is 6.80. The molecular formula is C19H29IO2. The summed E-state index contributed by atoms with van der Waals surface area (Å²) in [6.07, 6.45) is 8.90. The van der Waals surface area contributed by atoms with E-state index in [1.165, 1.54) is 32.1 Å². The van der Waals surface area contributed by atoms with Crippen molar-refractivity contribution >= 4 is 28.6 Å². The quantitative estimate of drug-likeness (QED) is 0.449. The largest absolute Gasteiger partial charge is 0.462 e. The molecular weight excluding hydrogens is 387 g/mol. The molecule has 0 aromatic heterocycles. The van der Waals surface area contributed by atoms with Crippen molar-refractivity contribution in [3.63, 3.8) is 0 Å². The van der Waals surface area contributed by atoms with E-state index >= 15 is 0 Å². The highest BCUT2D eigenvalue weighted by molar-refractivity contribution is 14.1. The fraction of sp³-hybridized carbons (Fsp3) is 0.842. The lowest BCUT2D eigenvalue weighted by molar-refractivity contribution is -0.144. The molecule has 2 saturated carbocycles. The molecule has 3 heteroatoms. The third kappa shape index (κ3) is 2.87. The van der Waals surface area contributed by atoms with E-state index in [9.17, 15) is 4.79 Å². The minimum absolute atomic E-state index is 0.0144. The van der Waals surface area contributed by atoms with Gasteiger partial charge in [0.1, 0.15) is 6.10 Å². The first-order valence-electron chi connectivity index (χ1n) is 8.95. The summed E-state index contributed by atoms with van der Waals surface area (Å²) < 4.78 is 7.92. The molecule has 3 aliphatic rings. The second-order valence-corrected chi connectivity index (χ2v) is 8.81. The summed E-state index contributed by atoms with van der Waals surface area (Å²) in [6, 6.07) is 0. The van der Waals surface area contributed by atoms with Crippen LogP contribution in [-0.4, -0.2) is 12.1 Å². The highest BCUT2D eigenvalue weighted by Crippen LogP contribution is 2.60. The maximum absolute atomic E-state index is 11.6. The molecule has 22 heavy (non-hydrogen) atoms. The van der Waals surface area contributed by atoms with E-state index in [0.29, 0.717) is 11.3 Å². The van der Waals surface area contributed by atoms with Gasteiger partial charge in [0.15, 0.2) is 0 Å². The SMILES string of the molecule is C[C@H](C[C@@H]1C[C@H](C)C(=O)O1)[C@H]1CCC2C(=CI)CCC[C@@]21C. The van der Waals surface area contributed by atoms with Gasteiger partial charge in [-0.15, -0.1) is 0 Å². The van der Waals surface area contributed by atoms with E-state index in [4.69, 9.17) is 4.74 Å². The predicted molar refractivity (Wildman–Crippen MR) is 97.7 cm³/mol. The Morgan fingerprint density at radius 2 is 2.23 bits per heavy atom. The van der Waals surface area contributed by atoms with E-state index in [2.05, 4.69) is 40.5 Å². The lowest BCUT2D eigenvalue weighted by Gasteiger charge is -2.44. The summed E-state index contributed by atoms with van der Waals surface area (Å²) in [5.41, 5.74) is 2.17. The molecule has 0 aromatic carbocycles. The highest BCUT2D eigenvalue weighted by Gasteiger charge is 2.51. The average Bonchev–Trinajstić information content (AvgIpc) is 2.98. The monoisotopic (exact) mass is 416 g/mol. The van der Waals surface area contributed by atoms with Gasteiger partial charge in [-0.05, 0) is 72.2 Å². The number of carbonyl (C=O) groups is 1. The molecule has 0 spiro atoms. The van der Waals surface area contributed by atoms with Gasteiger partial charge < -0.3 is 4.74 Å². The van der Waals surface area contributed by atoms with Crippen LogP contribution in [0.4, 0.5) is 0 Å². The molecule has 1 unspecified atom stereocenters. The van der Waals surface area contributed by atoms with Gasteiger partial charge in [0.2, 0.25) is 0 Å². The normalized spacial score (nSPS) is 44.9. The van der Waals surface area contributed by atoms with E-state index in [1.54, 1.807) is 5.57 Å². The molecule has 3 fully saturated rings. The van der Waals surface area contributed by atoms with Crippen LogP contribution in [0.1, 0.15) is 65.7 Å². The van der Waals surface area contributed by atoms with Crippen molar-refractivity contribution in [1.29, 1.82) is 0 Å². The van der Waals surface area contributed by atoms with Crippen molar-refractivity contribution < 1.29 is 9.53 Å². The lowest BCUT2D eigenvalue weighted by Crippen LogP contribution is -2.36. The van der Waals surface area contributed by atoms with Crippen molar-refractivity contribution in [2.75, 3.05) is 0 Å². The van der Waals surface area contributed by atoms with Crippen molar-refractivity contribution in [2.24, 2.45) is 29.1 Å². The molecule has 1 saturated heterocycles. The minimum atomic E-state index is 0.0144. The van der Waals surface area contributed by atoms with Gasteiger partial charge in [-0.25, -0.2) is 0 Å². The topological polar surface area (TPSA) is 26.3 Å². The smallest absolute Gasteiger partial charge is 0.309 e. The zero-order valence-corrected chi connectivity index (χ0v) is 16.3. The number of ether oxygens (including phenoxy) is 1. The van der Waals surface area contributed by atoms with E-state index in [0.717, 1.165) is 24.7 Å². The van der Waals surface area contributed by atoms with Crippen LogP contribution in [0, 0.1) is 29.1 Å². The Hall–Kier alpha value is -0.0600. The van der Waals surface area contributed by atoms with E-state index < -0.39 is 0 Å². The zero-order chi connectivity index (χ0) is 15.9. The Kier molecular flexibility index (Phi) is 4.92. The van der Waals surface area contributed by atoms with Gasteiger partial charge in [0.25, 0.3) is 0 Å². The molecule has 1 heterocycles. The number of hydrogen-bond acceptors (Lipinski definition) is 2. The van der Waals surface area contributed by atoms with Crippen LogP contribution >= 0.6 is 22.6 Å². The van der Waals surface area contributed by atoms with Gasteiger partial charge in [-0.1, -0.05) is 48.9 Å². The maximum Gasteiger partial charge on any atom is 0.309 e. The fourth-order valence-corrected chi connectivity index (χ4v) is 6.43. The second-order valence-electron chi connectivity index (χ2n) is 8.19. The van der Waals surface area contributed by atoms with Crippen molar-refractivity contribution in [2.45, 2.75) is 71.8 Å². The summed E-state index contributed by atoms with van der Waals surface area (Å²) >= 11 is 2.44. The van der Waals surface area contributed by atoms with E-state index in [1.807, 2.05) is 6.92 Å². The van der Waals surface area contributed by atoms with Crippen LogP contribution in [0.2, 0.25) is 0 Å². The van der Waals surface area contributed by atoms with Crippen LogP contribution in [0.5, 0.6) is 0 Å². The molecule has 124 valence electrons. The third-order valence-corrected chi connectivity index (χ3v) is 7.60. The molecule has 0 N–H and O–H groups in total. The minimum Gasteiger partial charge on any atom is -0.462 e. The molecule has 2 nitrogen and oxygen atoms in total. The fourth-order valence-electron chi connectivity index (χ4n) is 5.69. The van der Waals surface area contributed by atoms with Gasteiger partial charge in [0.05, 0.1) is 5.92 Å². The van der Waals surface area contributed by atoms with E-state index in [-0.39, 0.29) is 18.0 Å². The van der Waals surface area contributed by atoms with Crippen molar-refractivity contribution in [3.8, 4) is 0 Å². The van der Waals surface area contributed by atoms with Crippen LogP contribution < -0.4 is 0 Å². The highest BCUT2D eigenvalue weighted by atomic mass is 127. The van der Waals surface area contributed by atoms with Gasteiger partial charge in [-0.2, -0.15) is 0 Å². The molecule has 1 aliphatic heterocycles. The maximum atomic E-state index is 11.6. The second kappa shape index (κ2) is 6.45. The summed E-state index contributed by atoms with van der Waals surface area (Å²) in [7, 11) is 0. The van der Waals surface area contributed by atoms with Gasteiger partial charge in [0, 0.05) is 0 Å². The van der Waals surface area contributed by atoms with Gasteiger partial charge >= 0.3 is 5.97 Å². The molecule has 0 amide bonds.